The summed E-state index contributed by atoms with van der Waals surface area (Å²) in [5.41, 5.74) is 2.11. The molecule has 1 fully saturated rings. The summed E-state index contributed by atoms with van der Waals surface area (Å²) in [5, 5.41) is 14.9. The van der Waals surface area contributed by atoms with Crippen LogP contribution >= 0.6 is 0 Å². The van der Waals surface area contributed by atoms with Crippen LogP contribution in [0.2, 0.25) is 0 Å². The van der Waals surface area contributed by atoms with E-state index in [0.29, 0.717) is 6.04 Å². The summed E-state index contributed by atoms with van der Waals surface area (Å²) in [6.45, 7) is 5.74. The minimum atomic E-state index is 0.557. The van der Waals surface area contributed by atoms with Crippen LogP contribution in [0.5, 0.6) is 0 Å². The van der Waals surface area contributed by atoms with E-state index in [1.807, 2.05) is 12.1 Å². The minimum Gasteiger partial charge on any atom is -0.382 e. The fourth-order valence-electron chi connectivity index (χ4n) is 2.65. The van der Waals surface area contributed by atoms with Crippen molar-refractivity contribution in [2.24, 2.45) is 0 Å². The summed E-state index contributed by atoms with van der Waals surface area (Å²) in [6, 6.07) is 8.77. The van der Waals surface area contributed by atoms with Crippen molar-refractivity contribution in [3.05, 3.63) is 30.6 Å². The highest BCUT2D eigenvalue weighted by Crippen LogP contribution is 2.18. The smallest absolute Gasteiger partial charge is 0.143 e. The summed E-state index contributed by atoms with van der Waals surface area (Å²) in [7, 11) is 0. The topological polar surface area (TPSA) is 58.9 Å². The van der Waals surface area contributed by atoms with Crippen LogP contribution < -0.4 is 5.32 Å². The standard InChI is InChI=1S/C14H20N6/c1-2-19-8-6-12(7-9-19)16-13-4-3-5-14(10-13)20-11-15-17-18-20/h3-5,10-12,16H,2,6-9H2,1H3. The van der Waals surface area contributed by atoms with Gasteiger partial charge in [0.1, 0.15) is 6.33 Å². The molecule has 1 aromatic heterocycles. The number of anilines is 1. The van der Waals surface area contributed by atoms with Crippen molar-refractivity contribution in [3.8, 4) is 5.69 Å². The lowest BCUT2D eigenvalue weighted by molar-refractivity contribution is 0.229. The van der Waals surface area contributed by atoms with Gasteiger partial charge in [-0.1, -0.05) is 13.0 Å². The van der Waals surface area contributed by atoms with E-state index < -0.39 is 0 Å². The molecule has 1 aliphatic heterocycles. The average Bonchev–Trinajstić information content (AvgIpc) is 3.03. The van der Waals surface area contributed by atoms with Gasteiger partial charge in [-0.05, 0) is 48.0 Å². The van der Waals surface area contributed by atoms with Crippen LogP contribution in [0.1, 0.15) is 19.8 Å². The predicted molar refractivity (Wildman–Crippen MR) is 77.9 cm³/mol. The highest BCUT2D eigenvalue weighted by Gasteiger charge is 2.17. The monoisotopic (exact) mass is 272 g/mol. The maximum absolute atomic E-state index is 3.92. The molecule has 3 rings (SSSR count). The number of hydrogen-bond donors (Lipinski definition) is 1. The molecule has 0 aliphatic carbocycles. The van der Waals surface area contributed by atoms with Gasteiger partial charge >= 0.3 is 0 Å². The SMILES string of the molecule is CCN1CCC(Nc2cccc(-n3cnnn3)c2)CC1. The third-order valence-corrected chi connectivity index (χ3v) is 3.87. The number of nitrogens with one attached hydrogen (secondary N) is 1. The molecular formula is C14H20N6. The first-order valence-electron chi connectivity index (χ1n) is 7.17. The van der Waals surface area contributed by atoms with Crippen LogP contribution in [0.15, 0.2) is 30.6 Å². The Labute approximate surface area is 118 Å². The third-order valence-electron chi connectivity index (χ3n) is 3.87. The molecule has 0 saturated carbocycles. The summed E-state index contributed by atoms with van der Waals surface area (Å²) in [6.07, 6.45) is 4.00. The molecule has 1 N–H and O–H groups in total. The highest BCUT2D eigenvalue weighted by atomic mass is 15.5. The van der Waals surface area contributed by atoms with Crippen LogP contribution in [-0.4, -0.2) is 50.8 Å². The Bertz CT molecular complexity index is 530. The largest absolute Gasteiger partial charge is 0.382 e. The molecule has 2 aromatic rings. The number of tetrazole rings is 1. The van der Waals surface area contributed by atoms with E-state index >= 15 is 0 Å². The molecule has 0 atom stereocenters. The van der Waals surface area contributed by atoms with E-state index in [1.165, 1.54) is 25.9 Å². The van der Waals surface area contributed by atoms with E-state index in [1.54, 1.807) is 11.0 Å². The van der Waals surface area contributed by atoms with Gasteiger partial charge in [-0.3, -0.25) is 0 Å². The Kier molecular flexibility index (Phi) is 3.92. The average molecular weight is 272 g/mol. The maximum Gasteiger partial charge on any atom is 0.143 e. The molecule has 2 heterocycles. The van der Waals surface area contributed by atoms with E-state index in [-0.39, 0.29) is 0 Å². The second-order valence-electron chi connectivity index (χ2n) is 5.16. The van der Waals surface area contributed by atoms with Crippen molar-refractivity contribution >= 4 is 5.69 Å². The van der Waals surface area contributed by atoms with Crippen molar-refractivity contribution in [3.63, 3.8) is 0 Å². The van der Waals surface area contributed by atoms with Gasteiger partial charge in [0.2, 0.25) is 0 Å². The number of benzene rings is 1. The zero-order valence-corrected chi connectivity index (χ0v) is 11.7. The molecule has 20 heavy (non-hydrogen) atoms. The van der Waals surface area contributed by atoms with Crippen LogP contribution in [0.3, 0.4) is 0 Å². The molecule has 0 amide bonds. The van der Waals surface area contributed by atoms with Gasteiger partial charge in [-0.25, -0.2) is 4.68 Å². The fourth-order valence-corrected chi connectivity index (χ4v) is 2.65. The molecule has 6 heteroatoms. The quantitative estimate of drug-likeness (QED) is 0.915. The molecule has 1 aliphatic rings. The summed E-state index contributed by atoms with van der Waals surface area (Å²) in [5.74, 6) is 0. The number of piperidine rings is 1. The first-order chi connectivity index (χ1) is 9.85. The zero-order valence-electron chi connectivity index (χ0n) is 11.7. The Balaban J connectivity index is 1.65. The Morgan fingerprint density at radius 1 is 1.30 bits per heavy atom. The maximum atomic E-state index is 3.92. The molecule has 0 unspecified atom stereocenters. The highest BCUT2D eigenvalue weighted by molar-refractivity contribution is 5.51. The number of rotatable bonds is 4. The molecule has 106 valence electrons. The molecule has 0 bridgehead atoms. The molecule has 0 radical (unpaired) electrons. The molecule has 6 nitrogen and oxygen atoms in total. The van der Waals surface area contributed by atoms with Crippen LogP contribution in [0.4, 0.5) is 5.69 Å². The lowest BCUT2D eigenvalue weighted by Gasteiger charge is -2.32. The van der Waals surface area contributed by atoms with Gasteiger partial charge in [-0.15, -0.1) is 5.10 Å². The van der Waals surface area contributed by atoms with Crippen molar-refractivity contribution in [2.75, 3.05) is 25.0 Å². The van der Waals surface area contributed by atoms with E-state index in [4.69, 9.17) is 0 Å². The summed E-state index contributed by atoms with van der Waals surface area (Å²) >= 11 is 0. The van der Waals surface area contributed by atoms with Gasteiger partial charge in [0, 0.05) is 24.8 Å². The van der Waals surface area contributed by atoms with Gasteiger partial charge < -0.3 is 10.2 Å². The van der Waals surface area contributed by atoms with Crippen molar-refractivity contribution in [1.82, 2.24) is 25.1 Å². The first-order valence-corrected chi connectivity index (χ1v) is 7.17. The Morgan fingerprint density at radius 2 is 2.15 bits per heavy atom. The van der Waals surface area contributed by atoms with Crippen LogP contribution in [0.25, 0.3) is 5.69 Å². The predicted octanol–water partition coefficient (Wildman–Crippen LogP) is 1.56. The zero-order chi connectivity index (χ0) is 13.8. The van der Waals surface area contributed by atoms with Crippen molar-refractivity contribution in [1.29, 1.82) is 0 Å². The van der Waals surface area contributed by atoms with Gasteiger partial charge in [-0.2, -0.15) is 0 Å². The third kappa shape index (κ3) is 2.96. The van der Waals surface area contributed by atoms with Gasteiger partial charge in [0.25, 0.3) is 0 Å². The van der Waals surface area contributed by atoms with Gasteiger partial charge in [0.05, 0.1) is 5.69 Å². The molecule has 1 saturated heterocycles. The van der Waals surface area contributed by atoms with Crippen LogP contribution in [0, 0.1) is 0 Å². The van der Waals surface area contributed by atoms with E-state index in [2.05, 4.69) is 44.8 Å². The number of aromatic nitrogens is 4. The Hall–Kier alpha value is -1.95. The minimum absolute atomic E-state index is 0.557. The Morgan fingerprint density at radius 3 is 2.85 bits per heavy atom. The summed E-state index contributed by atoms with van der Waals surface area (Å²) < 4.78 is 1.67. The molecule has 1 aromatic carbocycles. The van der Waals surface area contributed by atoms with Crippen LogP contribution in [-0.2, 0) is 0 Å². The van der Waals surface area contributed by atoms with Crippen molar-refractivity contribution in [2.45, 2.75) is 25.8 Å². The molecular weight excluding hydrogens is 252 g/mol. The second kappa shape index (κ2) is 6.00. The lowest BCUT2D eigenvalue weighted by atomic mass is 10.0. The fraction of sp³-hybridized carbons (Fsp3) is 0.500. The molecule has 0 spiro atoms. The second-order valence-corrected chi connectivity index (χ2v) is 5.16. The number of hydrogen-bond acceptors (Lipinski definition) is 5. The summed E-state index contributed by atoms with van der Waals surface area (Å²) in [4.78, 5) is 2.50. The number of likely N-dealkylation sites (tertiary alicyclic amines) is 1. The van der Waals surface area contributed by atoms with Crippen molar-refractivity contribution < 1.29 is 0 Å². The first kappa shape index (κ1) is 13.1. The lowest BCUT2D eigenvalue weighted by Crippen LogP contribution is -2.38. The normalized spacial score (nSPS) is 17.2. The van der Waals surface area contributed by atoms with E-state index in [9.17, 15) is 0 Å². The van der Waals surface area contributed by atoms with Gasteiger partial charge in [0.15, 0.2) is 0 Å². The number of nitrogens with zero attached hydrogens (tertiary/aromatic N) is 5. The van der Waals surface area contributed by atoms with E-state index in [0.717, 1.165) is 17.9 Å².